The fourth-order valence-electron chi connectivity index (χ4n) is 3.70. The fraction of sp³-hybridized carbons (Fsp3) is 0.588. The molecule has 0 saturated heterocycles. The maximum atomic E-state index is 14.5. The zero-order valence-corrected chi connectivity index (χ0v) is 13.3. The van der Waals surface area contributed by atoms with Gasteiger partial charge in [0.2, 0.25) is 5.82 Å². The second kappa shape index (κ2) is 5.17. The van der Waals surface area contributed by atoms with Crippen LogP contribution >= 0.6 is 0 Å². The van der Waals surface area contributed by atoms with Crippen molar-refractivity contribution in [1.82, 2.24) is 0 Å². The van der Waals surface area contributed by atoms with Crippen LogP contribution in [0.15, 0.2) is 12.1 Å². The lowest BCUT2D eigenvalue weighted by atomic mass is 9.51. The molecule has 1 aromatic rings. The number of halogens is 5. The Morgan fingerprint density at radius 2 is 1.71 bits per heavy atom. The summed E-state index contributed by atoms with van der Waals surface area (Å²) in [5, 5.41) is 0. The number of hydrogen-bond acceptors (Lipinski definition) is 2. The van der Waals surface area contributed by atoms with Crippen LogP contribution in [0.3, 0.4) is 0 Å². The molecule has 4 rings (SSSR count). The molecule has 1 unspecified atom stereocenters. The number of rotatable bonds is 2. The van der Waals surface area contributed by atoms with Crippen LogP contribution < -0.4 is 4.74 Å². The third kappa shape index (κ3) is 2.09. The van der Waals surface area contributed by atoms with E-state index in [-0.39, 0.29) is 31.2 Å². The molecule has 0 heterocycles. The van der Waals surface area contributed by atoms with Crippen LogP contribution in [-0.4, -0.2) is 18.1 Å². The molecule has 1 aromatic carbocycles. The Morgan fingerprint density at radius 1 is 1.12 bits per heavy atom. The van der Waals surface area contributed by atoms with Crippen molar-refractivity contribution >= 4 is 5.97 Å². The van der Waals surface area contributed by atoms with Gasteiger partial charge in [0.1, 0.15) is 5.41 Å². The molecule has 0 aromatic heterocycles. The van der Waals surface area contributed by atoms with Gasteiger partial charge in [-0.3, -0.25) is 4.79 Å². The van der Waals surface area contributed by atoms with Gasteiger partial charge in [-0.1, -0.05) is 13.0 Å². The molecule has 3 aliphatic carbocycles. The number of ether oxygens (including phenoxy) is 1. The summed E-state index contributed by atoms with van der Waals surface area (Å²) in [6.45, 7) is 2.63. The first-order valence-electron chi connectivity index (χ1n) is 7.74. The molecule has 3 fully saturated rings. The number of hydrogen-bond donors (Lipinski definition) is 0. The van der Waals surface area contributed by atoms with Gasteiger partial charge >= 0.3 is 5.97 Å². The summed E-state index contributed by atoms with van der Waals surface area (Å²) >= 11 is 0. The minimum atomic E-state index is -3.67. The first-order chi connectivity index (χ1) is 11.0. The number of carbonyl (C=O) groups is 1. The van der Waals surface area contributed by atoms with Crippen molar-refractivity contribution in [3.05, 3.63) is 29.3 Å². The Labute approximate surface area is 136 Å². The van der Waals surface area contributed by atoms with Crippen LogP contribution in [-0.2, 0) is 4.79 Å². The average molecular weight is 348 g/mol. The molecule has 24 heavy (non-hydrogen) atoms. The number of esters is 1. The van der Waals surface area contributed by atoms with E-state index in [1.807, 2.05) is 0 Å². The van der Waals surface area contributed by atoms with Gasteiger partial charge in [0.15, 0.2) is 17.7 Å². The standard InChI is InChI=1S/C17H17F5O2/c1-9-3-4-10(12(19)11(9)18)24-14(23)16-7-5-15(2,6-8-16)17(21,22)13(16)20/h3-4,13H,5-8H2,1-2H3. The van der Waals surface area contributed by atoms with E-state index in [0.717, 1.165) is 6.07 Å². The van der Waals surface area contributed by atoms with Gasteiger partial charge in [-0.25, -0.2) is 17.6 Å². The predicted octanol–water partition coefficient (Wildman–Crippen LogP) is 4.73. The summed E-state index contributed by atoms with van der Waals surface area (Å²) in [6.07, 6.45) is -2.96. The van der Waals surface area contributed by atoms with Gasteiger partial charge in [0.05, 0.1) is 0 Å². The second-order valence-electron chi connectivity index (χ2n) is 7.10. The second-order valence-corrected chi connectivity index (χ2v) is 7.10. The summed E-state index contributed by atoms with van der Waals surface area (Å²) < 4.78 is 75.3. The minimum Gasteiger partial charge on any atom is -0.423 e. The van der Waals surface area contributed by atoms with E-state index in [1.165, 1.54) is 19.9 Å². The average Bonchev–Trinajstić information content (AvgIpc) is 2.54. The first-order valence-corrected chi connectivity index (χ1v) is 7.74. The molecule has 3 aliphatic rings. The van der Waals surface area contributed by atoms with Crippen molar-refractivity contribution in [1.29, 1.82) is 0 Å². The molecule has 0 radical (unpaired) electrons. The molecule has 1 atom stereocenters. The Bertz CT molecular complexity index is 692. The monoisotopic (exact) mass is 348 g/mol. The third-order valence-corrected chi connectivity index (χ3v) is 5.70. The zero-order valence-electron chi connectivity index (χ0n) is 13.3. The van der Waals surface area contributed by atoms with Gasteiger partial charge in [0, 0.05) is 5.41 Å². The summed E-state index contributed by atoms with van der Waals surface area (Å²) in [5.41, 5.74) is -3.50. The number of carbonyl (C=O) groups excluding carboxylic acids is 1. The molecule has 7 heteroatoms. The Morgan fingerprint density at radius 3 is 2.29 bits per heavy atom. The van der Waals surface area contributed by atoms with Gasteiger partial charge in [-0.05, 0) is 44.2 Å². The Hall–Kier alpha value is -1.66. The zero-order chi connectivity index (χ0) is 17.9. The predicted molar refractivity (Wildman–Crippen MR) is 75.6 cm³/mol. The molecular weight excluding hydrogens is 331 g/mol. The van der Waals surface area contributed by atoms with Crippen molar-refractivity contribution in [3.63, 3.8) is 0 Å². The number of fused-ring (bicyclic) bond motifs is 3. The van der Waals surface area contributed by atoms with Crippen molar-refractivity contribution in [2.24, 2.45) is 10.8 Å². The van der Waals surface area contributed by atoms with E-state index in [1.54, 1.807) is 0 Å². The maximum absolute atomic E-state index is 14.5. The molecular formula is C17H17F5O2. The SMILES string of the molecule is Cc1ccc(OC(=O)C23CCC(C)(CC2)C(F)(F)C3F)c(F)c1F. The van der Waals surface area contributed by atoms with E-state index in [9.17, 15) is 26.7 Å². The van der Waals surface area contributed by atoms with E-state index < -0.39 is 46.3 Å². The van der Waals surface area contributed by atoms with E-state index in [0.29, 0.717) is 0 Å². The van der Waals surface area contributed by atoms with Crippen LogP contribution in [0, 0.1) is 29.4 Å². The van der Waals surface area contributed by atoms with Crippen molar-refractivity contribution in [3.8, 4) is 5.75 Å². The molecule has 0 amide bonds. The van der Waals surface area contributed by atoms with Crippen LogP contribution in [0.5, 0.6) is 5.75 Å². The van der Waals surface area contributed by atoms with Gasteiger partial charge in [-0.15, -0.1) is 0 Å². The normalized spacial score (nSPS) is 34.2. The molecule has 0 N–H and O–H groups in total. The summed E-state index contributed by atoms with van der Waals surface area (Å²) in [5.74, 6) is -8.23. The molecule has 2 bridgehead atoms. The maximum Gasteiger partial charge on any atom is 0.320 e. The minimum absolute atomic E-state index is 0.00598. The summed E-state index contributed by atoms with van der Waals surface area (Å²) in [4.78, 5) is 12.4. The third-order valence-electron chi connectivity index (χ3n) is 5.70. The van der Waals surface area contributed by atoms with Gasteiger partial charge in [0.25, 0.3) is 5.92 Å². The lowest BCUT2D eigenvalue weighted by Crippen LogP contribution is -2.65. The number of aryl methyl sites for hydroxylation is 1. The van der Waals surface area contributed by atoms with Crippen LogP contribution in [0.1, 0.15) is 38.2 Å². The summed E-state index contributed by atoms with van der Waals surface area (Å²) in [7, 11) is 0. The molecule has 0 aliphatic heterocycles. The topological polar surface area (TPSA) is 26.3 Å². The fourth-order valence-corrected chi connectivity index (χ4v) is 3.70. The van der Waals surface area contributed by atoms with E-state index in [4.69, 9.17) is 4.74 Å². The Balaban J connectivity index is 1.92. The van der Waals surface area contributed by atoms with Gasteiger partial charge < -0.3 is 4.74 Å². The molecule has 132 valence electrons. The highest BCUT2D eigenvalue weighted by Crippen LogP contribution is 2.64. The van der Waals surface area contributed by atoms with Crippen LogP contribution in [0.2, 0.25) is 0 Å². The van der Waals surface area contributed by atoms with Crippen LogP contribution in [0.25, 0.3) is 0 Å². The van der Waals surface area contributed by atoms with Crippen molar-refractivity contribution in [2.45, 2.75) is 51.6 Å². The Kier molecular flexibility index (Phi) is 3.70. The quantitative estimate of drug-likeness (QED) is 0.439. The largest absolute Gasteiger partial charge is 0.423 e. The van der Waals surface area contributed by atoms with E-state index in [2.05, 4.69) is 0 Å². The lowest BCUT2D eigenvalue weighted by molar-refractivity contribution is -0.261. The highest BCUT2D eigenvalue weighted by molar-refractivity contribution is 5.81. The van der Waals surface area contributed by atoms with Crippen LogP contribution in [0.4, 0.5) is 22.0 Å². The molecule has 0 spiro atoms. The molecule has 3 saturated carbocycles. The summed E-state index contributed by atoms with van der Waals surface area (Å²) in [6, 6.07) is 2.22. The first kappa shape index (κ1) is 17.2. The molecule has 2 nitrogen and oxygen atoms in total. The smallest absolute Gasteiger partial charge is 0.320 e. The number of benzene rings is 1. The van der Waals surface area contributed by atoms with E-state index >= 15 is 0 Å². The highest BCUT2D eigenvalue weighted by atomic mass is 19.3. The van der Waals surface area contributed by atoms with Crippen molar-refractivity contribution < 1.29 is 31.5 Å². The highest BCUT2D eigenvalue weighted by Gasteiger charge is 2.72. The lowest BCUT2D eigenvalue weighted by Gasteiger charge is -2.56. The number of alkyl halides is 3. The van der Waals surface area contributed by atoms with Gasteiger partial charge in [-0.2, -0.15) is 4.39 Å². The van der Waals surface area contributed by atoms with Crippen molar-refractivity contribution in [2.75, 3.05) is 0 Å².